The molecule has 0 fully saturated rings. The molecule has 2 aromatic heterocycles. The standard InChI is InChI=1S/C22H23N5O2S/c1-3-13-26-21(28)23-24-22(26)30-15-17-14-27(18-7-5-4-6-8-18)25-20(17)16-9-11-19(29-2)12-10-16/h4-12,14H,3,13,15H2,1-2H3,(H,23,28). The number of ether oxygens (including phenoxy) is 1. The Balaban J connectivity index is 1.68. The number of methoxy groups -OCH3 is 1. The van der Waals surface area contributed by atoms with Crippen LogP contribution in [0, 0.1) is 0 Å². The van der Waals surface area contributed by atoms with Gasteiger partial charge in [0.25, 0.3) is 0 Å². The van der Waals surface area contributed by atoms with Crippen molar-refractivity contribution in [2.24, 2.45) is 0 Å². The number of benzene rings is 2. The number of rotatable bonds is 8. The summed E-state index contributed by atoms with van der Waals surface area (Å²) in [5, 5.41) is 12.3. The van der Waals surface area contributed by atoms with Gasteiger partial charge in [0, 0.05) is 29.6 Å². The molecule has 0 amide bonds. The van der Waals surface area contributed by atoms with E-state index in [-0.39, 0.29) is 5.69 Å². The van der Waals surface area contributed by atoms with E-state index in [2.05, 4.69) is 10.2 Å². The number of hydrogen-bond acceptors (Lipinski definition) is 5. The molecule has 2 heterocycles. The minimum absolute atomic E-state index is 0.172. The van der Waals surface area contributed by atoms with Crippen molar-refractivity contribution < 1.29 is 4.74 Å². The fourth-order valence-corrected chi connectivity index (χ4v) is 4.13. The summed E-state index contributed by atoms with van der Waals surface area (Å²) in [6.07, 6.45) is 2.91. The monoisotopic (exact) mass is 421 g/mol. The van der Waals surface area contributed by atoms with Gasteiger partial charge in [0.15, 0.2) is 5.16 Å². The van der Waals surface area contributed by atoms with Crippen molar-refractivity contribution in [3.63, 3.8) is 0 Å². The van der Waals surface area contributed by atoms with E-state index in [1.165, 1.54) is 11.8 Å². The van der Waals surface area contributed by atoms with Crippen LogP contribution in [0.4, 0.5) is 0 Å². The largest absolute Gasteiger partial charge is 0.497 e. The van der Waals surface area contributed by atoms with Gasteiger partial charge in [-0.05, 0) is 42.8 Å². The van der Waals surface area contributed by atoms with E-state index in [1.807, 2.05) is 72.4 Å². The Morgan fingerprint density at radius 1 is 1.10 bits per heavy atom. The molecule has 0 spiro atoms. The average Bonchev–Trinajstić information content (AvgIpc) is 3.37. The molecular formula is C22H23N5O2S. The summed E-state index contributed by atoms with van der Waals surface area (Å²) in [6.45, 7) is 2.69. The predicted molar refractivity (Wildman–Crippen MR) is 118 cm³/mol. The molecule has 0 radical (unpaired) electrons. The molecule has 0 saturated heterocycles. The number of nitrogens with zero attached hydrogens (tertiary/aromatic N) is 4. The molecule has 7 nitrogen and oxygen atoms in total. The Morgan fingerprint density at radius 3 is 2.57 bits per heavy atom. The topological polar surface area (TPSA) is 77.7 Å². The third-order valence-electron chi connectivity index (χ3n) is 4.70. The molecule has 30 heavy (non-hydrogen) atoms. The second-order valence-corrected chi connectivity index (χ2v) is 7.71. The number of para-hydroxylation sites is 1. The lowest BCUT2D eigenvalue weighted by Gasteiger charge is -2.05. The Morgan fingerprint density at radius 2 is 1.87 bits per heavy atom. The highest BCUT2D eigenvalue weighted by Crippen LogP contribution is 2.30. The molecule has 0 aliphatic rings. The third kappa shape index (κ3) is 4.18. The normalized spacial score (nSPS) is 11.0. The smallest absolute Gasteiger partial charge is 0.343 e. The minimum Gasteiger partial charge on any atom is -0.497 e. The predicted octanol–water partition coefficient (Wildman–Crippen LogP) is 4.14. The van der Waals surface area contributed by atoms with E-state index in [0.717, 1.165) is 34.7 Å². The Kier molecular flexibility index (Phi) is 6.04. The van der Waals surface area contributed by atoms with Gasteiger partial charge in [0.2, 0.25) is 0 Å². The molecule has 0 aliphatic heterocycles. The van der Waals surface area contributed by atoms with Gasteiger partial charge in [-0.2, -0.15) is 5.10 Å². The lowest BCUT2D eigenvalue weighted by Crippen LogP contribution is -2.17. The number of thioether (sulfide) groups is 1. The lowest BCUT2D eigenvalue weighted by atomic mass is 10.1. The zero-order valence-corrected chi connectivity index (χ0v) is 17.7. The summed E-state index contributed by atoms with van der Waals surface area (Å²) >= 11 is 1.53. The van der Waals surface area contributed by atoms with Crippen LogP contribution in [0.2, 0.25) is 0 Å². The fourth-order valence-electron chi connectivity index (χ4n) is 3.20. The Hall–Kier alpha value is -3.26. The summed E-state index contributed by atoms with van der Waals surface area (Å²) in [5.74, 6) is 1.44. The van der Waals surface area contributed by atoms with Crippen LogP contribution in [0.5, 0.6) is 5.75 Å². The van der Waals surface area contributed by atoms with Crippen LogP contribution in [0.25, 0.3) is 16.9 Å². The first-order chi connectivity index (χ1) is 14.7. The summed E-state index contributed by atoms with van der Waals surface area (Å²) < 4.78 is 8.85. The van der Waals surface area contributed by atoms with E-state index in [1.54, 1.807) is 11.7 Å². The Labute approximate surface area is 178 Å². The van der Waals surface area contributed by atoms with E-state index in [0.29, 0.717) is 17.5 Å². The molecule has 0 bridgehead atoms. The van der Waals surface area contributed by atoms with Gasteiger partial charge >= 0.3 is 5.69 Å². The van der Waals surface area contributed by atoms with Gasteiger partial charge in [-0.25, -0.2) is 14.6 Å². The molecule has 0 saturated carbocycles. The summed E-state index contributed by atoms with van der Waals surface area (Å²) in [7, 11) is 1.65. The number of aromatic nitrogens is 5. The average molecular weight is 422 g/mol. The maximum Gasteiger partial charge on any atom is 0.343 e. The van der Waals surface area contributed by atoms with Crippen LogP contribution < -0.4 is 10.4 Å². The molecule has 0 unspecified atom stereocenters. The Bertz CT molecular complexity index is 1160. The SMILES string of the molecule is CCCn1c(SCc2cn(-c3ccccc3)nc2-c2ccc(OC)cc2)n[nH]c1=O. The lowest BCUT2D eigenvalue weighted by molar-refractivity contribution is 0.415. The van der Waals surface area contributed by atoms with Crippen LogP contribution in [-0.2, 0) is 12.3 Å². The van der Waals surface area contributed by atoms with Crippen LogP contribution in [0.15, 0.2) is 70.7 Å². The zero-order valence-electron chi connectivity index (χ0n) is 16.9. The van der Waals surface area contributed by atoms with Crippen molar-refractivity contribution in [1.82, 2.24) is 24.5 Å². The number of aromatic amines is 1. The molecular weight excluding hydrogens is 398 g/mol. The third-order valence-corrected chi connectivity index (χ3v) is 5.73. The maximum absolute atomic E-state index is 12.0. The summed E-state index contributed by atoms with van der Waals surface area (Å²) in [5.41, 5.74) is 3.79. The van der Waals surface area contributed by atoms with Gasteiger partial charge in [0.1, 0.15) is 5.75 Å². The highest BCUT2D eigenvalue weighted by Gasteiger charge is 2.15. The minimum atomic E-state index is -0.172. The van der Waals surface area contributed by atoms with Gasteiger partial charge in [0.05, 0.1) is 18.5 Å². The first-order valence-corrected chi connectivity index (χ1v) is 10.7. The number of nitrogens with one attached hydrogen (secondary N) is 1. The highest BCUT2D eigenvalue weighted by atomic mass is 32.2. The molecule has 154 valence electrons. The van der Waals surface area contributed by atoms with E-state index < -0.39 is 0 Å². The number of H-pyrrole nitrogens is 1. The second kappa shape index (κ2) is 9.04. The molecule has 0 atom stereocenters. The van der Waals surface area contributed by atoms with E-state index in [9.17, 15) is 4.79 Å². The van der Waals surface area contributed by atoms with Crippen molar-refractivity contribution in [2.45, 2.75) is 30.8 Å². The van der Waals surface area contributed by atoms with Crippen molar-refractivity contribution in [2.75, 3.05) is 7.11 Å². The van der Waals surface area contributed by atoms with Crippen molar-refractivity contribution in [3.8, 4) is 22.7 Å². The van der Waals surface area contributed by atoms with Gasteiger partial charge < -0.3 is 4.74 Å². The first kappa shape index (κ1) is 20.0. The molecule has 0 aliphatic carbocycles. The van der Waals surface area contributed by atoms with Crippen molar-refractivity contribution in [1.29, 1.82) is 0 Å². The summed E-state index contributed by atoms with van der Waals surface area (Å²) in [4.78, 5) is 12.0. The van der Waals surface area contributed by atoms with Gasteiger partial charge in [-0.15, -0.1) is 5.10 Å². The van der Waals surface area contributed by atoms with Gasteiger partial charge in [-0.1, -0.05) is 36.9 Å². The second-order valence-electron chi connectivity index (χ2n) is 6.76. The van der Waals surface area contributed by atoms with Crippen molar-refractivity contribution >= 4 is 11.8 Å². The molecule has 4 rings (SSSR count). The van der Waals surface area contributed by atoms with E-state index in [4.69, 9.17) is 9.84 Å². The molecule has 1 N–H and O–H groups in total. The quantitative estimate of drug-likeness (QED) is 0.433. The summed E-state index contributed by atoms with van der Waals surface area (Å²) in [6, 6.07) is 17.9. The van der Waals surface area contributed by atoms with Gasteiger partial charge in [-0.3, -0.25) is 4.57 Å². The first-order valence-electron chi connectivity index (χ1n) is 9.76. The maximum atomic E-state index is 12.0. The highest BCUT2D eigenvalue weighted by molar-refractivity contribution is 7.98. The molecule has 2 aromatic carbocycles. The molecule has 8 heteroatoms. The van der Waals surface area contributed by atoms with Crippen LogP contribution >= 0.6 is 11.8 Å². The molecule has 4 aromatic rings. The van der Waals surface area contributed by atoms with E-state index >= 15 is 0 Å². The zero-order chi connectivity index (χ0) is 20.9. The van der Waals surface area contributed by atoms with Crippen molar-refractivity contribution in [3.05, 3.63) is 76.8 Å². The van der Waals surface area contributed by atoms with Crippen LogP contribution in [0.3, 0.4) is 0 Å². The fraction of sp³-hybridized carbons (Fsp3) is 0.227. The number of hydrogen-bond donors (Lipinski definition) is 1. The van der Waals surface area contributed by atoms with Crippen LogP contribution in [-0.4, -0.2) is 31.7 Å². The van der Waals surface area contributed by atoms with Crippen LogP contribution in [0.1, 0.15) is 18.9 Å².